The van der Waals surface area contributed by atoms with Crippen LogP contribution in [0.2, 0.25) is 0 Å². The van der Waals surface area contributed by atoms with Gasteiger partial charge >= 0.3 is 0 Å². The minimum absolute atomic E-state index is 0.517. The highest BCUT2D eigenvalue weighted by molar-refractivity contribution is 9.10. The van der Waals surface area contributed by atoms with Gasteiger partial charge in [-0.05, 0) is 24.6 Å². The summed E-state index contributed by atoms with van der Waals surface area (Å²) in [5.41, 5.74) is 1.20. The van der Waals surface area contributed by atoms with Gasteiger partial charge in [0.05, 0.1) is 11.7 Å². The van der Waals surface area contributed by atoms with Gasteiger partial charge in [-0.25, -0.2) is 0 Å². The van der Waals surface area contributed by atoms with E-state index in [4.69, 9.17) is 4.74 Å². The van der Waals surface area contributed by atoms with E-state index >= 15 is 0 Å². The number of ether oxygens (including phenoxy) is 1. The Balaban J connectivity index is 2.26. The first-order valence-corrected chi connectivity index (χ1v) is 6.17. The minimum atomic E-state index is 0.517. The van der Waals surface area contributed by atoms with Gasteiger partial charge in [-0.2, -0.15) is 0 Å². The van der Waals surface area contributed by atoms with Crippen molar-refractivity contribution in [1.29, 1.82) is 0 Å². The van der Waals surface area contributed by atoms with Gasteiger partial charge in [0.1, 0.15) is 12.4 Å². The zero-order valence-electron chi connectivity index (χ0n) is 9.16. The van der Waals surface area contributed by atoms with Crippen LogP contribution < -0.4 is 9.64 Å². The fraction of sp³-hybridized carbons (Fsp3) is 0.500. The minimum Gasteiger partial charge on any atom is -0.489 e. The first-order valence-electron chi connectivity index (χ1n) is 5.37. The molecule has 1 aromatic carbocycles. The maximum atomic E-state index is 5.77. The Kier molecular flexibility index (Phi) is 3.19. The molecule has 0 aromatic heterocycles. The summed E-state index contributed by atoms with van der Waals surface area (Å²) in [5, 5.41) is 0. The lowest BCUT2D eigenvalue weighted by Crippen LogP contribution is -2.40. The van der Waals surface area contributed by atoms with Crippen molar-refractivity contribution in [3.8, 4) is 5.75 Å². The van der Waals surface area contributed by atoms with E-state index < -0.39 is 0 Å². The SMILES string of the molecule is CCCC1COc2cc(Br)ccc2N1C. The summed E-state index contributed by atoms with van der Waals surface area (Å²) < 4.78 is 6.84. The fourth-order valence-corrected chi connectivity index (χ4v) is 2.34. The lowest BCUT2D eigenvalue weighted by atomic mass is 10.1. The standard InChI is InChI=1S/C12H16BrNO/c1-3-4-10-8-15-12-7-9(13)5-6-11(12)14(10)2/h5-7,10H,3-4,8H2,1-2H3. The van der Waals surface area contributed by atoms with Crippen LogP contribution >= 0.6 is 15.9 Å². The Hall–Kier alpha value is -0.700. The van der Waals surface area contributed by atoms with Crippen molar-refractivity contribution in [3.05, 3.63) is 22.7 Å². The summed E-state index contributed by atoms with van der Waals surface area (Å²) >= 11 is 3.46. The first kappa shape index (κ1) is 10.8. The van der Waals surface area contributed by atoms with E-state index in [1.54, 1.807) is 0 Å². The fourth-order valence-electron chi connectivity index (χ4n) is 2.00. The molecule has 2 rings (SSSR count). The smallest absolute Gasteiger partial charge is 0.143 e. The van der Waals surface area contributed by atoms with Crippen LogP contribution in [0.15, 0.2) is 22.7 Å². The highest BCUT2D eigenvalue weighted by Gasteiger charge is 2.23. The van der Waals surface area contributed by atoms with E-state index in [1.807, 2.05) is 6.07 Å². The summed E-state index contributed by atoms with van der Waals surface area (Å²) in [6.45, 7) is 3.01. The van der Waals surface area contributed by atoms with Crippen molar-refractivity contribution in [3.63, 3.8) is 0 Å². The number of benzene rings is 1. The molecule has 0 aliphatic carbocycles. The third-order valence-corrected chi connectivity index (χ3v) is 3.40. The summed E-state index contributed by atoms with van der Waals surface area (Å²) in [4.78, 5) is 2.33. The summed E-state index contributed by atoms with van der Waals surface area (Å²) in [6, 6.07) is 6.73. The van der Waals surface area contributed by atoms with Gasteiger partial charge in [0.2, 0.25) is 0 Å². The summed E-state index contributed by atoms with van der Waals surface area (Å²) in [7, 11) is 2.15. The number of rotatable bonds is 2. The second-order valence-electron chi connectivity index (χ2n) is 3.98. The van der Waals surface area contributed by atoms with Crippen LogP contribution in [-0.4, -0.2) is 19.7 Å². The lowest BCUT2D eigenvalue weighted by molar-refractivity contribution is 0.259. The topological polar surface area (TPSA) is 12.5 Å². The number of hydrogen-bond acceptors (Lipinski definition) is 2. The monoisotopic (exact) mass is 269 g/mol. The normalized spacial score (nSPS) is 19.7. The number of halogens is 1. The van der Waals surface area contributed by atoms with Crippen LogP contribution in [0.1, 0.15) is 19.8 Å². The molecule has 0 bridgehead atoms. The predicted molar refractivity (Wildman–Crippen MR) is 66.7 cm³/mol. The zero-order valence-corrected chi connectivity index (χ0v) is 10.8. The molecule has 0 amide bonds. The Bertz CT molecular complexity index is 353. The van der Waals surface area contributed by atoms with Crippen LogP contribution in [-0.2, 0) is 0 Å². The number of likely N-dealkylation sites (N-methyl/N-ethyl adjacent to an activating group) is 1. The van der Waals surface area contributed by atoms with Crippen molar-refractivity contribution in [2.45, 2.75) is 25.8 Å². The average molecular weight is 270 g/mol. The van der Waals surface area contributed by atoms with Gasteiger partial charge in [-0.15, -0.1) is 0 Å². The van der Waals surface area contributed by atoms with E-state index in [1.165, 1.54) is 18.5 Å². The highest BCUT2D eigenvalue weighted by Crippen LogP contribution is 2.35. The van der Waals surface area contributed by atoms with E-state index in [9.17, 15) is 0 Å². The Labute approximate surface area is 99.4 Å². The van der Waals surface area contributed by atoms with Crippen LogP contribution in [0.5, 0.6) is 5.75 Å². The molecule has 0 saturated carbocycles. The number of fused-ring (bicyclic) bond motifs is 1. The molecule has 0 N–H and O–H groups in total. The summed E-state index contributed by atoms with van der Waals surface area (Å²) in [5.74, 6) is 0.985. The lowest BCUT2D eigenvalue weighted by Gasteiger charge is -2.35. The molecule has 1 aliphatic heterocycles. The van der Waals surface area contributed by atoms with Crippen LogP contribution in [0.25, 0.3) is 0 Å². The number of anilines is 1. The van der Waals surface area contributed by atoms with Crippen LogP contribution in [0.4, 0.5) is 5.69 Å². The number of nitrogens with zero attached hydrogens (tertiary/aromatic N) is 1. The maximum Gasteiger partial charge on any atom is 0.143 e. The largest absolute Gasteiger partial charge is 0.489 e. The molecule has 1 unspecified atom stereocenters. The molecule has 2 nitrogen and oxygen atoms in total. The van der Waals surface area contributed by atoms with E-state index in [0.717, 1.165) is 16.8 Å². The maximum absolute atomic E-state index is 5.77. The molecular formula is C12H16BrNO. The quantitative estimate of drug-likeness (QED) is 0.816. The molecule has 1 aliphatic rings. The Morgan fingerprint density at radius 3 is 3.07 bits per heavy atom. The van der Waals surface area contributed by atoms with E-state index in [-0.39, 0.29) is 0 Å². The molecule has 1 atom stereocenters. The average Bonchev–Trinajstić information content (AvgIpc) is 2.22. The molecule has 3 heteroatoms. The second kappa shape index (κ2) is 4.44. The third kappa shape index (κ3) is 2.12. The first-order chi connectivity index (χ1) is 7.22. The molecular weight excluding hydrogens is 254 g/mol. The van der Waals surface area contributed by atoms with Crippen LogP contribution in [0.3, 0.4) is 0 Å². The molecule has 0 radical (unpaired) electrons. The summed E-state index contributed by atoms with van der Waals surface area (Å²) in [6.07, 6.45) is 2.39. The molecule has 1 aromatic rings. The predicted octanol–water partition coefficient (Wildman–Crippen LogP) is 3.45. The van der Waals surface area contributed by atoms with Crippen molar-refractivity contribution >= 4 is 21.6 Å². The van der Waals surface area contributed by atoms with Crippen LogP contribution in [0, 0.1) is 0 Å². The van der Waals surface area contributed by atoms with Gasteiger partial charge in [0, 0.05) is 11.5 Å². The van der Waals surface area contributed by atoms with Crippen molar-refractivity contribution in [2.24, 2.45) is 0 Å². The third-order valence-electron chi connectivity index (χ3n) is 2.90. The van der Waals surface area contributed by atoms with Gasteiger partial charge in [-0.3, -0.25) is 0 Å². The van der Waals surface area contributed by atoms with E-state index in [0.29, 0.717) is 6.04 Å². The second-order valence-corrected chi connectivity index (χ2v) is 4.89. The molecule has 0 fully saturated rings. The molecule has 0 spiro atoms. The van der Waals surface area contributed by atoms with Crippen molar-refractivity contribution in [2.75, 3.05) is 18.6 Å². The van der Waals surface area contributed by atoms with Gasteiger partial charge < -0.3 is 9.64 Å². The highest BCUT2D eigenvalue weighted by atomic mass is 79.9. The van der Waals surface area contributed by atoms with Gasteiger partial charge in [0.15, 0.2) is 0 Å². The molecule has 1 heterocycles. The zero-order chi connectivity index (χ0) is 10.8. The Morgan fingerprint density at radius 2 is 2.33 bits per heavy atom. The Morgan fingerprint density at radius 1 is 1.53 bits per heavy atom. The van der Waals surface area contributed by atoms with Crippen molar-refractivity contribution in [1.82, 2.24) is 0 Å². The number of hydrogen-bond donors (Lipinski definition) is 0. The molecule has 0 saturated heterocycles. The van der Waals surface area contributed by atoms with E-state index in [2.05, 4.69) is 46.9 Å². The molecule has 82 valence electrons. The van der Waals surface area contributed by atoms with Crippen molar-refractivity contribution < 1.29 is 4.74 Å². The molecule has 15 heavy (non-hydrogen) atoms. The van der Waals surface area contributed by atoms with Gasteiger partial charge in [-0.1, -0.05) is 29.3 Å². The van der Waals surface area contributed by atoms with Gasteiger partial charge in [0.25, 0.3) is 0 Å².